The quantitative estimate of drug-likeness (QED) is 0.323. The number of aliphatic hydroxyl groups is 3. The molecular formula is C34H47NO11. The fourth-order valence-electron chi connectivity index (χ4n) is 12.3. The zero-order chi connectivity index (χ0) is 33.0. The summed E-state index contributed by atoms with van der Waals surface area (Å²) in [7, 11) is 6.27. The Kier molecular flexibility index (Phi) is 7.69. The van der Waals surface area contributed by atoms with Gasteiger partial charge in [0.2, 0.25) is 0 Å². The molecule has 6 aliphatic rings. The van der Waals surface area contributed by atoms with Gasteiger partial charge in [0.1, 0.15) is 23.9 Å². The number of nitrogens with zero attached hydrogens (tertiary/aromatic N) is 1. The predicted octanol–water partition coefficient (Wildman–Crippen LogP) is 0.648. The fourth-order valence-corrected chi connectivity index (χ4v) is 12.3. The van der Waals surface area contributed by atoms with Crippen molar-refractivity contribution in [3.63, 3.8) is 0 Å². The molecule has 7 rings (SSSR count). The summed E-state index contributed by atoms with van der Waals surface area (Å²) in [5.41, 5.74) is -4.79. The van der Waals surface area contributed by atoms with Crippen molar-refractivity contribution in [2.45, 2.75) is 80.6 Å². The lowest BCUT2D eigenvalue weighted by atomic mass is 9.42. The second kappa shape index (κ2) is 10.9. The molecule has 0 amide bonds. The second-order valence-corrected chi connectivity index (χ2v) is 14.4. The zero-order valence-electron chi connectivity index (χ0n) is 27.3. The number of carbonyl (C=O) groups excluding carboxylic acids is 2. The molecule has 3 N–H and O–H groups in total. The van der Waals surface area contributed by atoms with Crippen LogP contribution >= 0.6 is 0 Å². The van der Waals surface area contributed by atoms with E-state index in [0.717, 1.165) is 0 Å². The molecule has 5 aliphatic carbocycles. The van der Waals surface area contributed by atoms with E-state index in [4.69, 9.17) is 28.4 Å². The maximum absolute atomic E-state index is 13.8. The highest BCUT2D eigenvalue weighted by atomic mass is 16.6. The number of likely N-dealkylation sites (tertiary alicyclic amines) is 1. The van der Waals surface area contributed by atoms with E-state index in [1.807, 2.05) is 6.92 Å². The minimum Gasteiger partial charge on any atom is -0.455 e. The first-order chi connectivity index (χ1) is 22.0. The highest BCUT2D eigenvalue weighted by molar-refractivity contribution is 5.89. The van der Waals surface area contributed by atoms with E-state index in [1.165, 1.54) is 14.0 Å². The first kappa shape index (κ1) is 32.4. The summed E-state index contributed by atoms with van der Waals surface area (Å²) in [5.74, 6) is -3.65. The van der Waals surface area contributed by atoms with Crippen LogP contribution in [0.4, 0.5) is 0 Å². The second-order valence-electron chi connectivity index (χ2n) is 14.4. The summed E-state index contributed by atoms with van der Waals surface area (Å²) >= 11 is 0. The summed E-state index contributed by atoms with van der Waals surface area (Å²) in [5, 5.41) is 37.3. The Bertz CT molecular complexity index is 1360. The molecule has 12 heteroatoms. The summed E-state index contributed by atoms with van der Waals surface area (Å²) in [4.78, 5) is 29.3. The topological polar surface area (TPSA) is 153 Å². The Balaban J connectivity index is 1.53. The van der Waals surface area contributed by atoms with Gasteiger partial charge in [-0.3, -0.25) is 9.69 Å². The van der Waals surface area contributed by atoms with Gasteiger partial charge in [0.25, 0.3) is 0 Å². The number of hydrogen-bond acceptors (Lipinski definition) is 12. The Labute approximate surface area is 269 Å². The van der Waals surface area contributed by atoms with Gasteiger partial charge in [-0.05, 0) is 31.0 Å². The van der Waals surface area contributed by atoms with Gasteiger partial charge in [0.15, 0.2) is 5.60 Å². The van der Waals surface area contributed by atoms with E-state index in [1.54, 1.807) is 51.7 Å². The molecule has 1 saturated heterocycles. The van der Waals surface area contributed by atoms with E-state index < -0.39 is 88.3 Å². The molecule has 1 aromatic rings. The standard InChI is InChI=1S/C34H47NO11/c1-7-35-15-31(16-41-3)20(37)13-21(42-4)33-19-14-32(40)28(45-30(39)18-11-9-8-10-12-18)22(19)34(46-17(2)36,27(38)29(32)44-6)23(26(33)35)24(43-5)25(31)33/h8-12,19-29,37-38,40H,7,13-16H2,1-6H3/t19?,20?,21-,22?,23-,24?,25?,26+,27-,28?,29?,31-,32+,33-,34+/m0/s1. The molecule has 12 nitrogen and oxygen atoms in total. The number of piperidine rings is 1. The lowest BCUT2D eigenvalue weighted by Gasteiger charge is -2.70. The van der Waals surface area contributed by atoms with Crippen molar-refractivity contribution in [3.05, 3.63) is 35.9 Å². The summed E-state index contributed by atoms with van der Waals surface area (Å²) in [6, 6.07) is 8.18. The third kappa shape index (κ3) is 3.62. The summed E-state index contributed by atoms with van der Waals surface area (Å²) < 4.78 is 37.4. The smallest absolute Gasteiger partial charge is 0.338 e. The largest absolute Gasteiger partial charge is 0.455 e. The number of methoxy groups -OCH3 is 4. The lowest BCUT2D eigenvalue weighted by molar-refractivity contribution is -0.322. The molecule has 1 spiro atoms. The first-order valence-electron chi connectivity index (χ1n) is 16.3. The minimum absolute atomic E-state index is 0.0791. The predicted molar refractivity (Wildman–Crippen MR) is 160 cm³/mol. The summed E-state index contributed by atoms with van der Waals surface area (Å²) in [6.07, 6.45) is -5.49. The average molecular weight is 646 g/mol. The molecule has 46 heavy (non-hydrogen) atoms. The number of carbonyl (C=O) groups is 2. The van der Waals surface area contributed by atoms with E-state index in [0.29, 0.717) is 25.1 Å². The molecule has 0 radical (unpaired) electrons. The van der Waals surface area contributed by atoms with E-state index in [9.17, 15) is 24.9 Å². The van der Waals surface area contributed by atoms with Gasteiger partial charge in [-0.1, -0.05) is 25.1 Å². The highest BCUT2D eigenvalue weighted by Gasteiger charge is 2.92. The molecule has 15 atom stereocenters. The number of hydrogen-bond donors (Lipinski definition) is 3. The third-order valence-corrected chi connectivity index (χ3v) is 13.2. The van der Waals surface area contributed by atoms with Crippen LogP contribution in [0.5, 0.6) is 0 Å². The van der Waals surface area contributed by atoms with Crippen molar-refractivity contribution < 1.29 is 53.3 Å². The van der Waals surface area contributed by atoms with Gasteiger partial charge in [-0.2, -0.15) is 0 Å². The van der Waals surface area contributed by atoms with E-state index in [-0.39, 0.29) is 25.0 Å². The monoisotopic (exact) mass is 645 g/mol. The van der Waals surface area contributed by atoms with Crippen LogP contribution in [0.25, 0.3) is 0 Å². The number of aliphatic hydroxyl groups excluding tert-OH is 2. The Morgan fingerprint density at radius 2 is 1.72 bits per heavy atom. The van der Waals surface area contributed by atoms with Crippen molar-refractivity contribution in [1.29, 1.82) is 0 Å². The van der Waals surface area contributed by atoms with Gasteiger partial charge in [-0.15, -0.1) is 0 Å². The molecule has 5 saturated carbocycles. The minimum atomic E-state index is -1.83. The van der Waals surface area contributed by atoms with Crippen LogP contribution < -0.4 is 0 Å². The van der Waals surface area contributed by atoms with Crippen LogP contribution in [0, 0.1) is 34.5 Å². The van der Waals surface area contributed by atoms with Crippen LogP contribution in [0.1, 0.15) is 37.0 Å². The number of benzene rings is 1. The number of ether oxygens (including phenoxy) is 6. The third-order valence-electron chi connectivity index (χ3n) is 13.2. The van der Waals surface area contributed by atoms with Gasteiger partial charge < -0.3 is 43.7 Å². The summed E-state index contributed by atoms with van der Waals surface area (Å²) in [6.45, 7) is 4.68. The van der Waals surface area contributed by atoms with Crippen LogP contribution in [0.2, 0.25) is 0 Å². The normalized spacial score (nSPS) is 49.9. The molecule has 1 aromatic carbocycles. The van der Waals surface area contributed by atoms with Crippen molar-refractivity contribution in [3.8, 4) is 0 Å². The van der Waals surface area contributed by atoms with Gasteiger partial charge in [-0.25, -0.2) is 4.79 Å². The molecule has 7 bridgehead atoms. The van der Waals surface area contributed by atoms with Gasteiger partial charge in [0, 0.05) is 83.0 Å². The maximum Gasteiger partial charge on any atom is 0.338 e. The molecule has 254 valence electrons. The Hall–Kier alpha value is -2.16. The molecule has 7 unspecified atom stereocenters. The molecule has 0 aromatic heterocycles. The van der Waals surface area contributed by atoms with E-state index in [2.05, 4.69) is 4.90 Å². The molecule has 6 fully saturated rings. The first-order valence-corrected chi connectivity index (χ1v) is 16.3. The van der Waals surface area contributed by atoms with Crippen molar-refractivity contribution >= 4 is 11.9 Å². The molecular weight excluding hydrogens is 598 g/mol. The Morgan fingerprint density at radius 3 is 2.30 bits per heavy atom. The number of esters is 2. The number of fused-ring (bicyclic) bond motifs is 2. The molecule has 1 heterocycles. The fraction of sp³-hybridized carbons (Fsp3) is 0.765. The maximum atomic E-state index is 13.8. The van der Waals surface area contributed by atoms with Crippen LogP contribution in [-0.4, -0.2) is 134 Å². The lowest BCUT2D eigenvalue weighted by Crippen LogP contribution is -2.81. The highest BCUT2D eigenvalue weighted by Crippen LogP contribution is 2.80. The van der Waals surface area contributed by atoms with E-state index >= 15 is 0 Å². The zero-order valence-corrected chi connectivity index (χ0v) is 27.3. The number of rotatable bonds is 9. The van der Waals surface area contributed by atoms with Gasteiger partial charge >= 0.3 is 11.9 Å². The van der Waals surface area contributed by atoms with Crippen molar-refractivity contribution in [1.82, 2.24) is 4.90 Å². The van der Waals surface area contributed by atoms with Crippen LogP contribution in [0.15, 0.2) is 30.3 Å². The van der Waals surface area contributed by atoms with Gasteiger partial charge in [0.05, 0.1) is 30.5 Å². The molecule has 1 aliphatic heterocycles. The van der Waals surface area contributed by atoms with Crippen LogP contribution in [-0.2, 0) is 33.2 Å². The average Bonchev–Trinajstić information content (AvgIpc) is 3.41. The Morgan fingerprint density at radius 1 is 1.00 bits per heavy atom. The van der Waals surface area contributed by atoms with Crippen molar-refractivity contribution in [2.24, 2.45) is 34.5 Å². The SMILES string of the molecule is CCN1C[C@]2(COC)C(O)C[C@H](OC)[C@@]34C5C[C@@]6(O)C(OC(=O)c7ccccc7)C5[C@](OC(C)=O)([C@@H](O)C6OC)[C@@H](C(OC)C23)[C@@H]14. The van der Waals surface area contributed by atoms with Crippen LogP contribution in [0.3, 0.4) is 0 Å². The van der Waals surface area contributed by atoms with Crippen molar-refractivity contribution in [2.75, 3.05) is 48.1 Å².